The van der Waals surface area contributed by atoms with Crippen LogP contribution in [0.2, 0.25) is 0 Å². The number of aromatic nitrogens is 2. The number of aryl methyl sites for hydroxylation is 1. The van der Waals surface area contributed by atoms with Gasteiger partial charge in [0.15, 0.2) is 11.5 Å². The number of carbonyl (C=O) groups is 1. The van der Waals surface area contributed by atoms with Crippen LogP contribution >= 0.6 is 0 Å². The number of methoxy groups -OCH3 is 2. The molecule has 7 nitrogen and oxygen atoms in total. The molecule has 2 aromatic carbocycles. The number of nitrogens with one attached hydrogen (secondary N) is 1. The Bertz CT molecular complexity index is 958. The largest absolute Gasteiger partial charge is 0.493 e. The van der Waals surface area contributed by atoms with Crippen LogP contribution in [0, 0.1) is 5.82 Å². The topological polar surface area (TPSA) is 86.5 Å². The maximum absolute atomic E-state index is 13.5. The summed E-state index contributed by atoms with van der Waals surface area (Å²) in [5, 5.41) is 6.51. The molecule has 0 spiro atoms. The lowest BCUT2D eigenvalue weighted by Crippen LogP contribution is -2.12. The molecule has 8 heteroatoms. The first kappa shape index (κ1) is 19.3. The Morgan fingerprint density at radius 1 is 1.14 bits per heavy atom. The summed E-state index contributed by atoms with van der Waals surface area (Å²) in [7, 11) is 3.11. The number of hydrogen-bond acceptors (Lipinski definition) is 6. The first-order valence-electron chi connectivity index (χ1n) is 8.70. The first-order chi connectivity index (χ1) is 13.6. The van der Waals surface area contributed by atoms with Gasteiger partial charge >= 0.3 is 0 Å². The maximum Gasteiger partial charge on any atom is 0.226 e. The van der Waals surface area contributed by atoms with Crippen LogP contribution in [0.15, 0.2) is 47.0 Å². The van der Waals surface area contributed by atoms with Gasteiger partial charge in [-0.1, -0.05) is 17.3 Å². The van der Waals surface area contributed by atoms with E-state index in [-0.39, 0.29) is 18.0 Å². The summed E-state index contributed by atoms with van der Waals surface area (Å²) in [6, 6.07) is 11.4. The van der Waals surface area contributed by atoms with Crippen LogP contribution in [0.5, 0.6) is 11.5 Å². The first-order valence-corrected chi connectivity index (χ1v) is 8.70. The van der Waals surface area contributed by atoms with E-state index in [1.807, 2.05) is 0 Å². The van der Waals surface area contributed by atoms with E-state index in [1.54, 1.807) is 44.6 Å². The summed E-state index contributed by atoms with van der Waals surface area (Å²) in [5.74, 6) is 1.28. The average Bonchev–Trinajstić information content (AvgIpc) is 3.18. The van der Waals surface area contributed by atoms with Crippen LogP contribution in [0.1, 0.15) is 18.7 Å². The Labute approximate surface area is 161 Å². The van der Waals surface area contributed by atoms with Gasteiger partial charge in [-0.15, -0.1) is 0 Å². The summed E-state index contributed by atoms with van der Waals surface area (Å²) in [4.78, 5) is 16.3. The van der Waals surface area contributed by atoms with E-state index in [4.69, 9.17) is 14.0 Å². The van der Waals surface area contributed by atoms with Crippen molar-refractivity contribution in [3.63, 3.8) is 0 Å². The van der Waals surface area contributed by atoms with E-state index in [2.05, 4.69) is 15.5 Å². The highest BCUT2D eigenvalue weighted by atomic mass is 19.1. The van der Waals surface area contributed by atoms with Gasteiger partial charge in [0.2, 0.25) is 17.6 Å². The number of para-hydroxylation sites is 1. The maximum atomic E-state index is 13.5. The molecule has 0 aliphatic rings. The fraction of sp³-hybridized carbons (Fsp3) is 0.250. The summed E-state index contributed by atoms with van der Waals surface area (Å²) in [5.41, 5.74) is 0.894. The number of benzene rings is 2. The lowest BCUT2D eigenvalue weighted by Gasteiger charge is -2.07. The zero-order valence-electron chi connectivity index (χ0n) is 15.6. The van der Waals surface area contributed by atoms with Crippen molar-refractivity contribution in [2.75, 3.05) is 19.5 Å². The summed E-state index contributed by atoms with van der Waals surface area (Å²) < 4.78 is 29.3. The van der Waals surface area contributed by atoms with Crippen molar-refractivity contribution < 1.29 is 23.2 Å². The lowest BCUT2D eigenvalue weighted by molar-refractivity contribution is -0.116. The van der Waals surface area contributed by atoms with E-state index in [0.717, 1.165) is 5.56 Å². The number of anilines is 1. The number of carbonyl (C=O) groups excluding carboxylic acids is 1. The fourth-order valence-corrected chi connectivity index (χ4v) is 2.62. The smallest absolute Gasteiger partial charge is 0.226 e. The predicted molar refractivity (Wildman–Crippen MR) is 101 cm³/mol. The molecule has 146 valence electrons. The fourth-order valence-electron chi connectivity index (χ4n) is 2.62. The minimum absolute atomic E-state index is 0.168. The third-order valence-corrected chi connectivity index (χ3v) is 4.05. The molecule has 0 aliphatic carbocycles. The van der Waals surface area contributed by atoms with Crippen molar-refractivity contribution in [2.24, 2.45) is 0 Å². The van der Waals surface area contributed by atoms with E-state index < -0.39 is 5.82 Å². The highest BCUT2D eigenvalue weighted by Crippen LogP contribution is 2.31. The zero-order valence-corrected chi connectivity index (χ0v) is 15.6. The van der Waals surface area contributed by atoms with Gasteiger partial charge in [-0.3, -0.25) is 4.79 Å². The Morgan fingerprint density at radius 2 is 1.93 bits per heavy atom. The Morgan fingerprint density at radius 3 is 2.68 bits per heavy atom. The van der Waals surface area contributed by atoms with Crippen molar-refractivity contribution in [2.45, 2.75) is 19.3 Å². The number of hydrogen-bond donors (Lipinski definition) is 1. The van der Waals surface area contributed by atoms with E-state index in [0.29, 0.717) is 36.1 Å². The van der Waals surface area contributed by atoms with Crippen LogP contribution < -0.4 is 14.8 Å². The van der Waals surface area contributed by atoms with Crippen LogP contribution in [-0.2, 0) is 11.2 Å². The molecule has 0 atom stereocenters. The summed E-state index contributed by atoms with van der Waals surface area (Å²) in [6.07, 6.45) is 1.14. The minimum atomic E-state index is -0.465. The van der Waals surface area contributed by atoms with Gasteiger partial charge in [0.25, 0.3) is 0 Å². The molecule has 1 aromatic heterocycles. The Balaban J connectivity index is 1.55. The molecule has 28 heavy (non-hydrogen) atoms. The Kier molecular flexibility index (Phi) is 6.21. The number of rotatable bonds is 8. The summed E-state index contributed by atoms with van der Waals surface area (Å²) in [6.45, 7) is 0. The average molecular weight is 385 g/mol. The van der Waals surface area contributed by atoms with Crippen molar-refractivity contribution in [3.05, 3.63) is 54.2 Å². The SMILES string of the molecule is COc1ccc(-c2noc(CCCC(=O)Nc3ccccc3F)n2)cc1OC. The molecule has 0 saturated carbocycles. The second kappa shape index (κ2) is 8.98. The zero-order chi connectivity index (χ0) is 19.9. The third kappa shape index (κ3) is 4.64. The monoisotopic (exact) mass is 385 g/mol. The van der Waals surface area contributed by atoms with Gasteiger partial charge in [0.05, 0.1) is 19.9 Å². The molecule has 3 rings (SSSR count). The van der Waals surface area contributed by atoms with Gasteiger partial charge in [-0.25, -0.2) is 4.39 Å². The summed E-state index contributed by atoms with van der Waals surface area (Å²) >= 11 is 0. The molecule has 3 aromatic rings. The molecule has 1 amide bonds. The van der Waals surface area contributed by atoms with Gasteiger partial charge in [0.1, 0.15) is 5.82 Å². The number of halogens is 1. The molecule has 0 bridgehead atoms. The molecule has 0 unspecified atom stereocenters. The highest BCUT2D eigenvalue weighted by Gasteiger charge is 2.13. The van der Waals surface area contributed by atoms with Crippen molar-refractivity contribution in [3.8, 4) is 22.9 Å². The van der Waals surface area contributed by atoms with Crippen LogP contribution in [0.4, 0.5) is 10.1 Å². The van der Waals surface area contributed by atoms with Crippen LogP contribution in [-0.4, -0.2) is 30.3 Å². The highest BCUT2D eigenvalue weighted by molar-refractivity contribution is 5.90. The molecule has 0 aliphatic heterocycles. The van der Waals surface area contributed by atoms with Crippen molar-refractivity contribution in [1.29, 1.82) is 0 Å². The minimum Gasteiger partial charge on any atom is -0.493 e. The third-order valence-electron chi connectivity index (χ3n) is 4.05. The standard InChI is InChI=1S/C20H20FN3O4/c1-26-16-11-10-13(12-17(16)27-2)20-23-19(28-24-20)9-5-8-18(25)22-15-7-4-3-6-14(15)21/h3-4,6-7,10-12H,5,8-9H2,1-2H3,(H,22,25). The van der Waals surface area contributed by atoms with Crippen LogP contribution in [0.3, 0.4) is 0 Å². The van der Waals surface area contributed by atoms with Gasteiger partial charge in [-0.2, -0.15) is 4.98 Å². The quantitative estimate of drug-likeness (QED) is 0.634. The van der Waals surface area contributed by atoms with Gasteiger partial charge in [0, 0.05) is 18.4 Å². The molecule has 0 fully saturated rings. The number of nitrogens with zero attached hydrogens (tertiary/aromatic N) is 2. The van der Waals surface area contributed by atoms with Gasteiger partial charge in [-0.05, 0) is 36.8 Å². The van der Waals surface area contributed by atoms with Crippen molar-refractivity contribution in [1.82, 2.24) is 10.1 Å². The van der Waals surface area contributed by atoms with E-state index in [9.17, 15) is 9.18 Å². The molecular formula is C20H20FN3O4. The molecule has 1 N–H and O–H groups in total. The van der Waals surface area contributed by atoms with E-state index >= 15 is 0 Å². The Hall–Kier alpha value is -3.42. The van der Waals surface area contributed by atoms with Crippen LogP contribution in [0.25, 0.3) is 11.4 Å². The molecular weight excluding hydrogens is 365 g/mol. The van der Waals surface area contributed by atoms with Crippen molar-refractivity contribution >= 4 is 11.6 Å². The normalized spacial score (nSPS) is 10.5. The second-order valence-electron chi connectivity index (χ2n) is 5.96. The molecule has 0 radical (unpaired) electrons. The van der Waals surface area contributed by atoms with E-state index in [1.165, 1.54) is 12.1 Å². The lowest BCUT2D eigenvalue weighted by atomic mass is 10.2. The molecule has 0 saturated heterocycles. The number of ether oxygens (including phenoxy) is 2. The predicted octanol–water partition coefficient (Wildman–Crippen LogP) is 3.85. The number of amides is 1. The second-order valence-corrected chi connectivity index (χ2v) is 5.96. The molecule has 1 heterocycles. The van der Waals surface area contributed by atoms with Gasteiger partial charge < -0.3 is 19.3 Å².